The molecule has 0 saturated carbocycles. The lowest BCUT2D eigenvalue weighted by atomic mass is 9.90. The van der Waals surface area contributed by atoms with Crippen molar-refractivity contribution in [2.24, 2.45) is 5.41 Å². The van der Waals surface area contributed by atoms with E-state index < -0.39 is 0 Å². The molecule has 0 spiro atoms. The maximum Gasteiger partial charge on any atom is 0.106 e. The number of hydrogen-bond donors (Lipinski definition) is 1. The second kappa shape index (κ2) is 6.34. The third kappa shape index (κ3) is 4.63. The first-order valence-corrected chi connectivity index (χ1v) is 6.28. The van der Waals surface area contributed by atoms with Crippen molar-refractivity contribution in [2.75, 3.05) is 33.4 Å². The van der Waals surface area contributed by atoms with E-state index in [2.05, 4.69) is 11.4 Å². The molecule has 1 atom stereocenters. The fourth-order valence-electron chi connectivity index (χ4n) is 1.99. The van der Waals surface area contributed by atoms with Crippen LogP contribution in [0.15, 0.2) is 0 Å². The predicted octanol–water partition coefficient (Wildman–Crippen LogP) is 1.71. The van der Waals surface area contributed by atoms with Crippen molar-refractivity contribution < 1.29 is 9.47 Å². The first kappa shape index (κ1) is 14.4. The minimum atomic E-state index is -0.211. The van der Waals surface area contributed by atoms with Crippen LogP contribution in [0.4, 0.5) is 0 Å². The molecule has 17 heavy (non-hydrogen) atoms. The predicted molar refractivity (Wildman–Crippen MR) is 66.7 cm³/mol. The molecule has 0 aromatic rings. The summed E-state index contributed by atoms with van der Waals surface area (Å²) in [5.74, 6) is 0. The van der Waals surface area contributed by atoms with Crippen LogP contribution in [0, 0.1) is 16.7 Å². The Labute approximate surface area is 104 Å². The smallest absolute Gasteiger partial charge is 0.106 e. The van der Waals surface area contributed by atoms with Crippen LogP contribution < -0.4 is 5.32 Å². The van der Waals surface area contributed by atoms with Crippen LogP contribution in [0.2, 0.25) is 0 Å². The zero-order chi connectivity index (χ0) is 12.8. The summed E-state index contributed by atoms with van der Waals surface area (Å²) in [4.78, 5) is 0. The van der Waals surface area contributed by atoms with E-state index >= 15 is 0 Å². The van der Waals surface area contributed by atoms with Gasteiger partial charge in [-0.1, -0.05) is 0 Å². The second-order valence-corrected chi connectivity index (χ2v) is 5.47. The van der Waals surface area contributed by atoms with Crippen molar-refractivity contribution in [1.29, 1.82) is 5.26 Å². The van der Waals surface area contributed by atoms with Gasteiger partial charge in [0.05, 0.1) is 18.1 Å². The summed E-state index contributed by atoms with van der Waals surface area (Å²) in [7, 11) is 1.75. The van der Waals surface area contributed by atoms with Gasteiger partial charge in [-0.05, 0) is 33.2 Å². The number of nitrogens with zero attached hydrogens (tertiary/aromatic N) is 1. The highest BCUT2D eigenvalue weighted by Crippen LogP contribution is 2.22. The Kier molecular flexibility index (Phi) is 5.38. The largest absolute Gasteiger partial charge is 0.378 e. The molecule has 4 heteroatoms. The molecule has 0 aliphatic carbocycles. The van der Waals surface area contributed by atoms with Crippen molar-refractivity contribution in [3.8, 4) is 6.07 Å². The summed E-state index contributed by atoms with van der Waals surface area (Å²) < 4.78 is 10.9. The summed E-state index contributed by atoms with van der Waals surface area (Å²) in [6, 6.07) is 2.32. The molecule has 1 fully saturated rings. The van der Waals surface area contributed by atoms with Gasteiger partial charge in [-0.2, -0.15) is 5.26 Å². The van der Waals surface area contributed by atoms with E-state index in [4.69, 9.17) is 14.7 Å². The number of ether oxygens (including phenoxy) is 2. The van der Waals surface area contributed by atoms with Gasteiger partial charge in [0, 0.05) is 26.7 Å². The lowest BCUT2D eigenvalue weighted by Crippen LogP contribution is -2.43. The van der Waals surface area contributed by atoms with Crippen molar-refractivity contribution in [1.82, 2.24) is 5.32 Å². The molecule has 1 heterocycles. The average molecular weight is 240 g/mol. The van der Waals surface area contributed by atoms with E-state index in [9.17, 15) is 0 Å². The van der Waals surface area contributed by atoms with E-state index in [1.54, 1.807) is 7.11 Å². The quantitative estimate of drug-likeness (QED) is 0.688. The number of nitriles is 1. The van der Waals surface area contributed by atoms with Crippen molar-refractivity contribution in [2.45, 2.75) is 38.7 Å². The van der Waals surface area contributed by atoms with Gasteiger partial charge < -0.3 is 14.8 Å². The molecule has 1 aliphatic rings. The highest BCUT2D eigenvalue weighted by atomic mass is 16.5. The minimum absolute atomic E-state index is 0.134. The zero-order valence-corrected chi connectivity index (χ0v) is 11.2. The Morgan fingerprint density at radius 3 is 2.82 bits per heavy atom. The number of hydrogen-bond acceptors (Lipinski definition) is 4. The third-order valence-electron chi connectivity index (χ3n) is 3.41. The first-order chi connectivity index (χ1) is 8.04. The summed E-state index contributed by atoms with van der Waals surface area (Å²) in [5.41, 5.74) is -0.345. The number of nitrogens with one attached hydrogen (secondary N) is 1. The van der Waals surface area contributed by atoms with Gasteiger partial charge in [-0.15, -0.1) is 0 Å². The number of rotatable bonds is 7. The van der Waals surface area contributed by atoms with Crippen molar-refractivity contribution in [3.63, 3.8) is 0 Å². The second-order valence-electron chi connectivity index (χ2n) is 5.47. The Bertz CT molecular complexity index is 265. The fourth-order valence-corrected chi connectivity index (χ4v) is 1.99. The standard InChI is InChI=1S/C13H24N2O2/c1-12(2,9-14)5-4-7-15-10-13(16-3)6-8-17-11-13/h15H,4-8,10-11H2,1-3H3. The first-order valence-electron chi connectivity index (χ1n) is 6.28. The van der Waals surface area contributed by atoms with E-state index in [0.717, 1.165) is 39.0 Å². The van der Waals surface area contributed by atoms with Crippen molar-refractivity contribution in [3.05, 3.63) is 0 Å². The summed E-state index contributed by atoms with van der Waals surface area (Å²) >= 11 is 0. The van der Waals surface area contributed by atoms with Gasteiger partial charge in [-0.25, -0.2) is 0 Å². The van der Waals surface area contributed by atoms with Crippen LogP contribution in [0.1, 0.15) is 33.1 Å². The third-order valence-corrected chi connectivity index (χ3v) is 3.41. The lowest BCUT2D eigenvalue weighted by Gasteiger charge is -2.26. The van der Waals surface area contributed by atoms with Crippen LogP contribution in [0.3, 0.4) is 0 Å². The molecule has 0 amide bonds. The summed E-state index contributed by atoms with van der Waals surface area (Å²) in [6.45, 7) is 7.19. The summed E-state index contributed by atoms with van der Waals surface area (Å²) in [6.07, 6.45) is 2.90. The molecule has 0 bridgehead atoms. The highest BCUT2D eigenvalue weighted by molar-refractivity contribution is 4.91. The van der Waals surface area contributed by atoms with Crippen LogP contribution in [-0.2, 0) is 9.47 Å². The summed E-state index contributed by atoms with van der Waals surface area (Å²) in [5, 5.41) is 12.3. The molecule has 0 aromatic carbocycles. The van der Waals surface area contributed by atoms with Crippen LogP contribution in [0.5, 0.6) is 0 Å². The molecule has 0 radical (unpaired) electrons. The highest BCUT2D eigenvalue weighted by Gasteiger charge is 2.34. The lowest BCUT2D eigenvalue weighted by molar-refractivity contribution is -0.0156. The molecular weight excluding hydrogens is 216 g/mol. The Balaban J connectivity index is 2.14. The molecule has 4 nitrogen and oxygen atoms in total. The van der Waals surface area contributed by atoms with Crippen molar-refractivity contribution >= 4 is 0 Å². The van der Waals surface area contributed by atoms with Gasteiger partial charge in [-0.3, -0.25) is 0 Å². The maximum absolute atomic E-state index is 8.90. The van der Waals surface area contributed by atoms with Gasteiger partial charge in [0.15, 0.2) is 0 Å². The maximum atomic E-state index is 8.90. The van der Waals surface area contributed by atoms with Crippen LogP contribution >= 0.6 is 0 Å². The number of methoxy groups -OCH3 is 1. The monoisotopic (exact) mass is 240 g/mol. The van der Waals surface area contributed by atoms with Gasteiger partial charge in [0.1, 0.15) is 5.60 Å². The molecule has 98 valence electrons. The van der Waals surface area contributed by atoms with Gasteiger partial charge >= 0.3 is 0 Å². The van der Waals surface area contributed by atoms with E-state index in [1.807, 2.05) is 13.8 Å². The Morgan fingerprint density at radius 2 is 2.29 bits per heavy atom. The molecule has 1 rings (SSSR count). The van der Waals surface area contributed by atoms with Crippen LogP contribution in [-0.4, -0.2) is 39.0 Å². The Morgan fingerprint density at radius 1 is 1.53 bits per heavy atom. The zero-order valence-electron chi connectivity index (χ0n) is 11.2. The SMILES string of the molecule is COC1(CNCCCC(C)(C)C#N)CCOC1. The molecule has 1 unspecified atom stereocenters. The topological polar surface area (TPSA) is 54.3 Å². The van der Waals surface area contributed by atoms with E-state index in [0.29, 0.717) is 6.61 Å². The molecular formula is C13H24N2O2. The van der Waals surface area contributed by atoms with Gasteiger partial charge in [0.25, 0.3) is 0 Å². The van der Waals surface area contributed by atoms with Gasteiger partial charge in [0.2, 0.25) is 0 Å². The molecule has 0 aromatic heterocycles. The Hall–Kier alpha value is -0.630. The van der Waals surface area contributed by atoms with E-state index in [1.165, 1.54) is 0 Å². The van der Waals surface area contributed by atoms with Crippen LogP contribution in [0.25, 0.3) is 0 Å². The molecule has 1 aliphatic heterocycles. The minimum Gasteiger partial charge on any atom is -0.378 e. The molecule has 1 N–H and O–H groups in total. The van der Waals surface area contributed by atoms with E-state index in [-0.39, 0.29) is 11.0 Å². The average Bonchev–Trinajstić information content (AvgIpc) is 2.78. The normalized spacial score (nSPS) is 24.8. The molecule has 1 saturated heterocycles. The fraction of sp³-hybridized carbons (Fsp3) is 0.923.